The van der Waals surface area contributed by atoms with Gasteiger partial charge in [-0.2, -0.15) is 0 Å². The second kappa shape index (κ2) is 25.3. The van der Waals surface area contributed by atoms with Crippen molar-refractivity contribution in [2.75, 3.05) is 52.0 Å². The van der Waals surface area contributed by atoms with E-state index in [-0.39, 0.29) is 62.3 Å². The Morgan fingerprint density at radius 1 is 0.547 bits per heavy atom. The number of fused-ring (bicyclic) bond motifs is 1. The molecule has 0 radical (unpaired) electrons. The summed E-state index contributed by atoms with van der Waals surface area (Å²) in [5, 5.41) is 0. The molecule has 9 N–H and O–H groups in total. The summed E-state index contributed by atoms with van der Waals surface area (Å²) in [5.41, 5.74) is 6.29. The first-order valence-corrected chi connectivity index (χ1v) is 32.1. The van der Waals surface area contributed by atoms with Crippen molar-refractivity contribution >= 4 is 63.9 Å². The van der Waals surface area contributed by atoms with E-state index >= 15 is 0 Å². The zero-order valence-electron chi connectivity index (χ0n) is 40.4. The van der Waals surface area contributed by atoms with Crippen LogP contribution in [0.25, 0.3) is 11.2 Å². The number of rotatable bonds is 28. The van der Waals surface area contributed by atoms with E-state index in [9.17, 15) is 61.6 Å². The first-order chi connectivity index (χ1) is 35.0. The second-order valence-electron chi connectivity index (χ2n) is 17.8. The first-order valence-electron chi connectivity index (χ1n) is 23.1. The lowest BCUT2D eigenvalue weighted by Gasteiger charge is -2.26. The normalized spacial score (nSPS) is 35.6. The van der Waals surface area contributed by atoms with E-state index in [0.717, 1.165) is 6.33 Å². The Morgan fingerprint density at radius 2 is 0.947 bits per heavy atom. The summed E-state index contributed by atoms with van der Waals surface area (Å²) in [5.74, 6) is 0.0486. The average Bonchev–Trinajstić information content (AvgIpc) is 4.16. The van der Waals surface area contributed by atoms with E-state index in [1.165, 1.54) is 17.8 Å². The summed E-state index contributed by atoms with van der Waals surface area (Å²) < 4.78 is 163. The van der Waals surface area contributed by atoms with Gasteiger partial charge in [-0.15, -0.1) is 0 Å². The van der Waals surface area contributed by atoms with Crippen LogP contribution in [0.2, 0.25) is 0 Å². The minimum Gasteiger partial charge on any atom is -0.382 e. The monoisotopic (exact) mass is 1200 g/mol. The Kier molecular flexibility index (Phi) is 20.7. The van der Waals surface area contributed by atoms with Gasteiger partial charge in [0.1, 0.15) is 79.1 Å². The molecule has 19 unspecified atom stereocenters. The van der Waals surface area contributed by atoms with Crippen LogP contribution in [0, 0.1) is 0 Å². The molecular weight excluding hydrogens is 1140 g/mol. The van der Waals surface area contributed by atoms with Gasteiger partial charge in [-0.05, 0) is 27.7 Å². The molecule has 0 bridgehead atoms. The number of ether oxygens (including phenoxy) is 5. The van der Waals surface area contributed by atoms with Crippen molar-refractivity contribution in [3.05, 3.63) is 12.7 Å². The third-order valence-corrected chi connectivity index (χ3v) is 17.5. The molecule has 40 heteroatoms. The highest BCUT2D eigenvalue weighted by molar-refractivity contribution is 7.48. The third-order valence-electron chi connectivity index (χ3n) is 11.8. The lowest BCUT2D eigenvalue weighted by molar-refractivity contribution is -0.0473. The molecule has 5 aliphatic heterocycles. The number of phosphoric ester groups is 6. The largest absolute Gasteiger partial charge is 0.472 e. The molecule has 0 amide bonds. The number of imidazole rings is 1. The molecule has 2 aromatic heterocycles. The highest BCUT2D eigenvalue weighted by Gasteiger charge is 2.48. The van der Waals surface area contributed by atoms with Gasteiger partial charge in [0.2, 0.25) is 0 Å². The number of anilines is 1. The van der Waals surface area contributed by atoms with Crippen LogP contribution in [-0.4, -0.2) is 179 Å². The van der Waals surface area contributed by atoms with Crippen LogP contribution in [-0.2, 0) is 101 Å². The molecule has 5 aliphatic rings. The number of nitrogens with zero attached hydrogens (tertiary/aromatic N) is 4. The van der Waals surface area contributed by atoms with Crippen molar-refractivity contribution in [3.8, 4) is 0 Å². The fraction of sp³-hybridized carbons (Fsp3) is 0.857. The molecule has 5 fully saturated rings. The maximum atomic E-state index is 13.3. The van der Waals surface area contributed by atoms with Gasteiger partial charge in [-0.1, -0.05) is 0 Å². The van der Waals surface area contributed by atoms with Crippen LogP contribution < -0.4 is 5.73 Å². The Balaban J connectivity index is 0.870. The summed E-state index contributed by atoms with van der Waals surface area (Å²) in [7, 11) is -29.5. The van der Waals surface area contributed by atoms with E-state index < -0.39 is 166 Å². The summed E-state index contributed by atoms with van der Waals surface area (Å²) in [6.45, 7) is 2.63. The maximum Gasteiger partial charge on any atom is 0.472 e. The highest BCUT2D eigenvalue weighted by Crippen LogP contribution is 2.54. The van der Waals surface area contributed by atoms with Gasteiger partial charge in [0, 0.05) is 38.7 Å². The van der Waals surface area contributed by atoms with Crippen LogP contribution >= 0.6 is 46.9 Å². The molecular formula is C35H61N5O29P6. The van der Waals surface area contributed by atoms with E-state index in [1.807, 2.05) is 0 Å². The minimum atomic E-state index is -5.08. The minimum absolute atomic E-state index is 0.0160. The van der Waals surface area contributed by atoms with Crippen LogP contribution in [0.4, 0.5) is 5.82 Å². The lowest BCUT2D eigenvalue weighted by atomic mass is 10.1. The Morgan fingerprint density at radius 3 is 1.40 bits per heavy atom. The van der Waals surface area contributed by atoms with Gasteiger partial charge < -0.3 is 63.7 Å². The molecule has 0 aromatic carbocycles. The van der Waals surface area contributed by atoms with Crippen LogP contribution in [0.15, 0.2) is 12.7 Å². The van der Waals surface area contributed by atoms with Crippen molar-refractivity contribution in [2.24, 2.45) is 0 Å². The predicted octanol–water partition coefficient (Wildman–Crippen LogP) is 2.66. The number of nitrogens with two attached hydrogens (primary N) is 1. The summed E-state index contributed by atoms with van der Waals surface area (Å²) >= 11 is 0. The van der Waals surface area contributed by atoms with Crippen molar-refractivity contribution in [1.82, 2.24) is 19.5 Å². The van der Waals surface area contributed by atoms with E-state index in [1.54, 1.807) is 20.8 Å². The Hall–Kier alpha value is -1.19. The standard InChI is InChI=1S/C35H61N5O29P6/c1-5-55-71(44,45)66-23-8-19(2)61-28(23)15-59-74(50,51)68-25-10-21(4)63-30(25)16-60-75(52,53)67-24-9-20(3)62-29(24)14-58-72(46,47)65-22-6-7-54-27(22)12-57-73(48,49)69-26-11-32(64-31(26)13-56-70(41,42)43)40-18-39-33-34(36)37-17-38-35(33)40/h17-32H,5-16H2,1-4H3,(H,44,45)(H,46,47)(H,48,49)(H,50,51)(H,52,53)(H2,36,37,38)(H2,41,42,43). The second-order valence-corrected chi connectivity index (χ2v) is 26.0. The topological polar surface area (TPSA) is 461 Å². The summed E-state index contributed by atoms with van der Waals surface area (Å²) in [4.78, 5) is 83.5. The van der Waals surface area contributed by atoms with Gasteiger partial charge in [0.05, 0.1) is 64.3 Å². The smallest absolute Gasteiger partial charge is 0.382 e. The van der Waals surface area contributed by atoms with Gasteiger partial charge in [0.25, 0.3) is 0 Å². The first kappa shape index (κ1) is 61.4. The fourth-order valence-corrected chi connectivity index (χ4v) is 13.8. The predicted molar refractivity (Wildman–Crippen MR) is 246 cm³/mol. The Labute approximate surface area is 427 Å². The van der Waals surface area contributed by atoms with Gasteiger partial charge in [-0.3, -0.25) is 54.3 Å². The molecule has 34 nitrogen and oxygen atoms in total. The van der Waals surface area contributed by atoms with Crippen molar-refractivity contribution in [3.63, 3.8) is 0 Å². The summed E-state index contributed by atoms with van der Waals surface area (Å²) in [6.07, 6.45) is -12.5. The molecule has 2 aromatic rings. The van der Waals surface area contributed by atoms with Crippen molar-refractivity contribution in [1.29, 1.82) is 0 Å². The SMILES string of the molecule is CCOP(=O)(O)OC1CC(C)OC1COP(=O)(O)OC1CC(C)OC1COP(=O)(O)OC1CC(C)OC1COP(=O)(O)OC1CCOC1COP(=O)(O)OC1CC(n2cnc3c(N)ncnc32)OC1COP(=O)(O)O. The zero-order chi connectivity index (χ0) is 54.7. The number of hydrogen-bond acceptors (Lipinski definition) is 26. The molecule has 7 heterocycles. The van der Waals surface area contributed by atoms with Crippen LogP contribution in [0.1, 0.15) is 66.0 Å². The number of hydrogen-bond donors (Lipinski definition) is 8. The van der Waals surface area contributed by atoms with Gasteiger partial charge in [0.15, 0.2) is 11.5 Å². The number of aromatic nitrogens is 4. The maximum absolute atomic E-state index is 13.3. The average molecular weight is 1200 g/mol. The molecule has 430 valence electrons. The molecule has 0 aliphatic carbocycles. The molecule has 19 atom stereocenters. The fourth-order valence-electron chi connectivity index (χ4n) is 8.66. The van der Waals surface area contributed by atoms with E-state index in [2.05, 4.69) is 19.5 Å². The van der Waals surface area contributed by atoms with Crippen LogP contribution in [0.3, 0.4) is 0 Å². The van der Waals surface area contributed by atoms with Gasteiger partial charge in [-0.25, -0.2) is 42.3 Å². The number of nitrogen functional groups attached to an aromatic ring is 1. The lowest BCUT2D eigenvalue weighted by Crippen LogP contribution is -2.32. The molecule has 5 saturated heterocycles. The molecule has 7 rings (SSSR count). The molecule has 0 spiro atoms. The summed E-state index contributed by atoms with van der Waals surface area (Å²) in [6, 6.07) is 0. The molecule has 75 heavy (non-hydrogen) atoms. The van der Waals surface area contributed by atoms with Crippen molar-refractivity contribution < 1.29 is 135 Å². The number of phosphoric acid groups is 6. The molecule has 0 saturated carbocycles. The Bertz CT molecular complexity index is 2550. The van der Waals surface area contributed by atoms with E-state index in [0.29, 0.717) is 0 Å². The van der Waals surface area contributed by atoms with Crippen LogP contribution in [0.5, 0.6) is 0 Å². The third kappa shape index (κ3) is 17.9. The quantitative estimate of drug-likeness (QED) is 0.0568. The highest BCUT2D eigenvalue weighted by atomic mass is 31.2. The zero-order valence-corrected chi connectivity index (χ0v) is 45.8. The van der Waals surface area contributed by atoms with Crippen molar-refractivity contribution in [2.45, 2.75) is 145 Å². The van der Waals surface area contributed by atoms with Gasteiger partial charge >= 0.3 is 46.9 Å². The van der Waals surface area contributed by atoms with E-state index in [4.69, 9.17) is 74.7 Å².